The number of aromatic amines is 1. The molecule has 3 rings (SSSR count). The zero-order valence-corrected chi connectivity index (χ0v) is 14.5. The maximum absolute atomic E-state index is 4.23. The molecular formula is C14H17N7S2. The van der Waals surface area contributed by atoms with Crippen molar-refractivity contribution in [2.45, 2.75) is 36.8 Å². The number of thioether (sulfide) groups is 1. The lowest BCUT2D eigenvalue weighted by Crippen LogP contribution is -1.99. The highest BCUT2D eigenvalue weighted by Gasteiger charge is 2.11. The largest absolute Gasteiger partial charge is 0.330 e. The van der Waals surface area contributed by atoms with Crippen LogP contribution in [0, 0.1) is 0 Å². The van der Waals surface area contributed by atoms with Crippen molar-refractivity contribution in [2.75, 3.05) is 5.32 Å². The molecule has 0 spiro atoms. The molecule has 0 atom stereocenters. The summed E-state index contributed by atoms with van der Waals surface area (Å²) in [4.78, 5) is 0. The van der Waals surface area contributed by atoms with E-state index in [9.17, 15) is 0 Å². The third kappa shape index (κ3) is 3.85. The molecule has 0 bridgehead atoms. The monoisotopic (exact) mass is 347 g/mol. The Kier molecular flexibility index (Phi) is 5.19. The Morgan fingerprint density at radius 1 is 1.13 bits per heavy atom. The third-order valence-corrected chi connectivity index (χ3v) is 5.32. The molecule has 2 aromatic heterocycles. The molecule has 0 fully saturated rings. The third-order valence-electron chi connectivity index (χ3n) is 3.35. The summed E-state index contributed by atoms with van der Waals surface area (Å²) in [5.74, 6) is 1.28. The predicted octanol–water partition coefficient (Wildman–Crippen LogP) is 3.21. The van der Waals surface area contributed by atoms with E-state index in [1.54, 1.807) is 11.8 Å². The van der Waals surface area contributed by atoms with Gasteiger partial charge < -0.3 is 5.32 Å². The van der Waals surface area contributed by atoms with Crippen molar-refractivity contribution in [3.63, 3.8) is 0 Å². The second-order valence-electron chi connectivity index (χ2n) is 4.77. The molecule has 0 radical (unpaired) electrons. The second-order valence-corrected chi connectivity index (χ2v) is 6.97. The van der Waals surface area contributed by atoms with E-state index in [4.69, 9.17) is 0 Å². The molecule has 3 aromatic rings. The summed E-state index contributed by atoms with van der Waals surface area (Å²) in [5.41, 5.74) is 3.74. The number of hydrogen-bond acceptors (Lipinski definition) is 8. The lowest BCUT2D eigenvalue weighted by atomic mass is 10.0. The molecule has 2 N–H and O–H groups in total. The molecule has 0 aliphatic heterocycles. The van der Waals surface area contributed by atoms with Crippen molar-refractivity contribution in [1.29, 1.82) is 0 Å². The minimum Gasteiger partial charge on any atom is -0.330 e. The normalized spacial score (nSPS) is 10.9. The smallest absolute Gasteiger partial charge is 0.210 e. The van der Waals surface area contributed by atoms with Crippen LogP contribution in [-0.2, 0) is 18.6 Å². The SMILES string of the molecule is CCc1cccc(CC)c1Nc1nnc(SCc2nn[nH]n2)s1. The number of rotatable bonds is 7. The Bertz CT molecular complexity index is 732. The number of anilines is 2. The van der Waals surface area contributed by atoms with Gasteiger partial charge in [0, 0.05) is 5.69 Å². The van der Waals surface area contributed by atoms with Crippen LogP contribution in [0.4, 0.5) is 10.8 Å². The number of aryl methyl sites for hydroxylation is 2. The highest BCUT2D eigenvalue weighted by molar-refractivity contribution is 8.00. The first-order chi connectivity index (χ1) is 11.3. The fourth-order valence-corrected chi connectivity index (χ4v) is 3.80. The number of hydrogen-bond donors (Lipinski definition) is 2. The highest BCUT2D eigenvalue weighted by atomic mass is 32.2. The van der Waals surface area contributed by atoms with Gasteiger partial charge in [-0.3, -0.25) is 0 Å². The van der Waals surface area contributed by atoms with Crippen LogP contribution in [0.15, 0.2) is 22.5 Å². The maximum Gasteiger partial charge on any atom is 0.210 e. The van der Waals surface area contributed by atoms with Crippen molar-refractivity contribution in [3.8, 4) is 0 Å². The van der Waals surface area contributed by atoms with Crippen molar-refractivity contribution in [1.82, 2.24) is 30.8 Å². The fraction of sp³-hybridized carbons (Fsp3) is 0.357. The summed E-state index contributed by atoms with van der Waals surface area (Å²) in [7, 11) is 0. The van der Waals surface area contributed by atoms with E-state index in [1.807, 2.05) is 0 Å². The van der Waals surface area contributed by atoms with Gasteiger partial charge in [0.2, 0.25) is 5.13 Å². The van der Waals surface area contributed by atoms with Gasteiger partial charge in [0.15, 0.2) is 10.2 Å². The summed E-state index contributed by atoms with van der Waals surface area (Å²) in [6, 6.07) is 6.40. The summed E-state index contributed by atoms with van der Waals surface area (Å²) in [6.07, 6.45) is 1.96. The van der Waals surface area contributed by atoms with Gasteiger partial charge in [-0.25, -0.2) is 0 Å². The van der Waals surface area contributed by atoms with Gasteiger partial charge in [-0.05, 0) is 24.0 Å². The fourth-order valence-electron chi connectivity index (χ4n) is 2.20. The minimum atomic E-state index is 0.622. The number of H-pyrrole nitrogens is 1. The van der Waals surface area contributed by atoms with Crippen LogP contribution in [-0.4, -0.2) is 30.8 Å². The minimum absolute atomic E-state index is 0.622. The zero-order chi connectivity index (χ0) is 16.1. The van der Waals surface area contributed by atoms with Crippen molar-refractivity contribution < 1.29 is 0 Å². The van der Waals surface area contributed by atoms with E-state index in [-0.39, 0.29) is 0 Å². The van der Waals surface area contributed by atoms with Crippen LogP contribution >= 0.6 is 23.1 Å². The standard InChI is InChI=1S/C14H17N7S2/c1-3-9-6-5-7-10(4-2)12(9)15-13-18-19-14(23-13)22-8-11-16-20-21-17-11/h5-7H,3-4,8H2,1-2H3,(H,15,18)(H,16,17,20,21). The number of para-hydroxylation sites is 1. The average molecular weight is 347 g/mol. The number of tetrazole rings is 1. The van der Waals surface area contributed by atoms with Crippen molar-refractivity contribution in [3.05, 3.63) is 35.2 Å². The van der Waals surface area contributed by atoms with E-state index in [2.05, 4.69) is 68.2 Å². The van der Waals surface area contributed by atoms with Gasteiger partial charge in [-0.15, -0.1) is 20.4 Å². The summed E-state index contributed by atoms with van der Waals surface area (Å²) in [6.45, 7) is 4.32. The second kappa shape index (κ2) is 7.51. The molecule has 7 nitrogen and oxygen atoms in total. The number of nitrogens with one attached hydrogen (secondary N) is 2. The topological polar surface area (TPSA) is 92.3 Å². The molecule has 9 heteroatoms. The van der Waals surface area contributed by atoms with Crippen LogP contribution in [0.3, 0.4) is 0 Å². The van der Waals surface area contributed by atoms with Gasteiger partial charge in [0.25, 0.3) is 0 Å². The maximum atomic E-state index is 4.23. The lowest BCUT2D eigenvalue weighted by Gasteiger charge is -2.13. The lowest BCUT2D eigenvalue weighted by molar-refractivity contribution is 0.881. The van der Waals surface area contributed by atoms with Gasteiger partial charge in [0.1, 0.15) is 0 Å². The van der Waals surface area contributed by atoms with Gasteiger partial charge in [-0.1, -0.05) is 60.4 Å². The summed E-state index contributed by atoms with van der Waals surface area (Å²) >= 11 is 3.08. The predicted molar refractivity (Wildman–Crippen MR) is 92.1 cm³/mol. The Hall–Kier alpha value is -2.00. The molecule has 0 unspecified atom stereocenters. The first-order valence-corrected chi connectivity index (χ1v) is 9.16. The van der Waals surface area contributed by atoms with Crippen LogP contribution in [0.2, 0.25) is 0 Å². The summed E-state index contributed by atoms with van der Waals surface area (Å²) < 4.78 is 0.879. The molecule has 0 aliphatic carbocycles. The highest BCUT2D eigenvalue weighted by Crippen LogP contribution is 2.31. The first-order valence-electron chi connectivity index (χ1n) is 7.36. The van der Waals surface area contributed by atoms with Crippen LogP contribution < -0.4 is 5.32 Å². The average Bonchev–Trinajstić information content (AvgIpc) is 3.24. The Morgan fingerprint density at radius 3 is 2.57 bits per heavy atom. The molecule has 2 heterocycles. The van der Waals surface area contributed by atoms with Gasteiger partial charge in [-0.2, -0.15) is 5.21 Å². The molecule has 0 saturated heterocycles. The van der Waals surface area contributed by atoms with E-state index < -0.39 is 0 Å². The Morgan fingerprint density at radius 2 is 1.91 bits per heavy atom. The molecule has 1 aromatic carbocycles. The van der Waals surface area contributed by atoms with Gasteiger partial charge >= 0.3 is 0 Å². The Labute approximate surface area is 142 Å². The molecule has 0 amide bonds. The number of benzene rings is 1. The zero-order valence-electron chi connectivity index (χ0n) is 12.9. The molecule has 23 heavy (non-hydrogen) atoms. The molecular weight excluding hydrogens is 330 g/mol. The van der Waals surface area contributed by atoms with E-state index in [0.29, 0.717) is 11.6 Å². The van der Waals surface area contributed by atoms with Gasteiger partial charge in [0.05, 0.1) is 5.75 Å². The van der Waals surface area contributed by atoms with Crippen LogP contribution in [0.1, 0.15) is 30.8 Å². The van der Waals surface area contributed by atoms with E-state index >= 15 is 0 Å². The first kappa shape index (κ1) is 15.9. The number of aromatic nitrogens is 6. The van der Waals surface area contributed by atoms with E-state index in [1.165, 1.54) is 22.5 Å². The van der Waals surface area contributed by atoms with Crippen molar-refractivity contribution >= 4 is 33.9 Å². The van der Waals surface area contributed by atoms with Crippen LogP contribution in [0.5, 0.6) is 0 Å². The van der Waals surface area contributed by atoms with E-state index in [0.717, 1.165) is 28.0 Å². The molecule has 120 valence electrons. The quantitative estimate of drug-likeness (QED) is 0.634. The van der Waals surface area contributed by atoms with Crippen LogP contribution in [0.25, 0.3) is 0 Å². The Balaban J connectivity index is 1.71. The number of nitrogens with zero attached hydrogens (tertiary/aromatic N) is 5. The summed E-state index contributed by atoms with van der Waals surface area (Å²) in [5, 5.41) is 26.5. The molecule has 0 aliphatic rings. The molecule has 0 saturated carbocycles. The van der Waals surface area contributed by atoms with Crippen molar-refractivity contribution in [2.24, 2.45) is 0 Å².